The second-order valence-corrected chi connectivity index (χ2v) is 5.49. The minimum atomic E-state index is -0.491. The molecule has 1 saturated heterocycles. The predicted octanol–water partition coefficient (Wildman–Crippen LogP) is 3.49. The molecule has 1 aromatic carbocycles. The molecule has 1 aromatic rings. The number of hydrogen-bond donors (Lipinski definition) is 0. The Hall–Kier alpha value is -1.27. The van der Waals surface area contributed by atoms with Crippen LogP contribution in [0.25, 0.3) is 0 Å². The average Bonchev–Trinajstić information content (AvgIpc) is 2.47. The van der Waals surface area contributed by atoms with Gasteiger partial charge in [0, 0.05) is 31.0 Å². The smallest absolute Gasteiger partial charge is 0.280 e. The Kier molecular flexibility index (Phi) is 5.25. The van der Waals surface area contributed by atoms with Crippen LogP contribution in [0.2, 0.25) is 0 Å². The topological polar surface area (TPSA) is 69.4 Å². The molecule has 0 aromatic heterocycles. The van der Waals surface area contributed by atoms with Crippen molar-refractivity contribution in [2.24, 2.45) is 5.92 Å². The van der Waals surface area contributed by atoms with E-state index in [4.69, 9.17) is 4.74 Å². The molecule has 0 saturated carbocycles. The molecule has 0 spiro atoms. The van der Waals surface area contributed by atoms with Gasteiger partial charge in [0.1, 0.15) is 0 Å². The average molecular weight is 342 g/mol. The van der Waals surface area contributed by atoms with Gasteiger partial charge in [-0.1, -0.05) is 22.0 Å². The van der Waals surface area contributed by atoms with E-state index in [2.05, 4.69) is 15.9 Å². The molecule has 0 N–H and O–H groups in total. The lowest BCUT2D eigenvalue weighted by molar-refractivity contribution is -0.385. The number of benzene rings is 1. The molecule has 1 heterocycles. The summed E-state index contributed by atoms with van der Waals surface area (Å²) in [6.07, 6.45) is 2.05. The van der Waals surface area contributed by atoms with Gasteiger partial charge in [0.15, 0.2) is 5.78 Å². The van der Waals surface area contributed by atoms with Gasteiger partial charge >= 0.3 is 0 Å². The van der Waals surface area contributed by atoms with E-state index in [1.165, 1.54) is 6.07 Å². The number of Topliss-reactive ketones (excluding diaryl/α,β-unsaturated/α-hetero) is 1. The van der Waals surface area contributed by atoms with E-state index in [9.17, 15) is 14.9 Å². The minimum Gasteiger partial charge on any atom is -0.381 e. The van der Waals surface area contributed by atoms with Gasteiger partial charge in [0.05, 0.1) is 10.5 Å². The highest BCUT2D eigenvalue weighted by molar-refractivity contribution is 9.08. The first-order valence-corrected chi connectivity index (χ1v) is 7.68. The van der Waals surface area contributed by atoms with Crippen LogP contribution in [0.3, 0.4) is 0 Å². The number of halogens is 1. The normalized spacial score (nSPS) is 16.1. The lowest BCUT2D eigenvalue weighted by atomic mass is 9.91. The van der Waals surface area contributed by atoms with Crippen molar-refractivity contribution in [2.75, 3.05) is 13.2 Å². The van der Waals surface area contributed by atoms with Crippen LogP contribution in [-0.4, -0.2) is 23.9 Å². The van der Waals surface area contributed by atoms with Crippen LogP contribution < -0.4 is 0 Å². The van der Waals surface area contributed by atoms with E-state index in [1.54, 1.807) is 12.1 Å². The fourth-order valence-corrected chi connectivity index (χ4v) is 2.72. The molecule has 0 aliphatic carbocycles. The van der Waals surface area contributed by atoms with Gasteiger partial charge in [-0.3, -0.25) is 14.9 Å². The van der Waals surface area contributed by atoms with E-state index in [0.29, 0.717) is 25.0 Å². The molecule has 0 radical (unpaired) electrons. The number of rotatable bonds is 5. The summed E-state index contributed by atoms with van der Waals surface area (Å²) in [7, 11) is 0. The summed E-state index contributed by atoms with van der Waals surface area (Å²) in [5.41, 5.74) is 0.983. The highest BCUT2D eigenvalue weighted by Gasteiger charge is 2.24. The lowest BCUT2D eigenvalue weighted by Crippen LogP contribution is -2.19. The standard InChI is InChI=1S/C14H16BrNO4/c15-9-11-1-2-13(16(18)19)12(7-11)14(17)8-10-3-5-20-6-4-10/h1-2,7,10H,3-6,8-9H2. The fraction of sp³-hybridized carbons (Fsp3) is 0.500. The summed E-state index contributed by atoms with van der Waals surface area (Å²) in [4.78, 5) is 22.9. The highest BCUT2D eigenvalue weighted by Crippen LogP contribution is 2.26. The third kappa shape index (κ3) is 3.64. The van der Waals surface area contributed by atoms with E-state index in [-0.39, 0.29) is 23.0 Å². The molecular formula is C14H16BrNO4. The largest absolute Gasteiger partial charge is 0.381 e. The second kappa shape index (κ2) is 6.95. The van der Waals surface area contributed by atoms with Gasteiger partial charge in [-0.2, -0.15) is 0 Å². The summed E-state index contributed by atoms with van der Waals surface area (Å²) < 4.78 is 5.26. The van der Waals surface area contributed by atoms with Crippen LogP contribution in [0, 0.1) is 16.0 Å². The zero-order valence-electron chi connectivity index (χ0n) is 11.0. The lowest BCUT2D eigenvalue weighted by Gasteiger charge is -2.21. The molecule has 0 atom stereocenters. The third-order valence-corrected chi connectivity index (χ3v) is 4.17. The molecule has 20 heavy (non-hydrogen) atoms. The number of alkyl halides is 1. The maximum atomic E-state index is 12.3. The Bertz CT molecular complexity index is 512. The number of carbonyl (C=O) groups excluding carboxylic acids is 1. The van der Waals surface area contributed by atoms with Crippen LogP contribution >= 0.6 is 15.9 Å². The van der Waals surface area contributed by atoms with E-state index >= 15 is 0 Å². The van der Waals surface area contributed by atoms with Crippen molar-refractivity contribution in [1.29, 1.82) is 0 Å². The number of carbonyl (C=O) groups is 1. The van der Waals surface area contributed by atoms with E-state index < -0.39 is 4.92 Å². The van der Waals surface area contributed by atoms with Gasteiger partial charge in [-0.15, -0.1) is 0 Å². The van der Waals surface area contributed by atoms with Crippen LogP contribution in [0.1, 0.15) is 35.2 Å². The molecule has 1 aliphatic rings. The van der Waals surface area contributed by atoms with E-state index in [0.717, 1.165) is 18.4 Å². The summed E-state index contributed by atoms with van der Waals surface area (Å²) >= 11 is 3.30. The maximum Gasteiger partial charge on any atom is 0.280 e. The molecule has 1 fully saturated rings. The Labute approximate surface area is 125 Å². The number of hydrogen-bond acceptors (Lipinski definition) is 4. The number of ketones is 1. The Morgan fingerprint density at radius 2 is 2.10 bits per heavy atom. The summed E-state index contributed by atoms with van der Waals surface area (Å²) in [5, 5.41) is 11.6. The molecule has 0 unspecified atom stereocenters. The molecule has 108 valence electrons. The van der Waals surface area contributed by atoms with Gasteiger partial charge in [-0.05, 0) is 30.4 Å². The van der Waals surface area contributed by atoms with Crippen molar-refractivity contribution in [1.82, 2.24) is 0 Å². The highest BCUT2D eigenvalue weighted by atomic mass is 79.9. The molecule has 0 bridgehead atoms. The zero-order valence-corrected chi connectivity index (χ0v) is 12.6. The zero-order chi connectivity index (χ0) is 14.5. The number of ether oxygens (including phenoxy) is 1. The summed E-state index contributed by atoms with van der Waals surface area (Å²) in [6, 6.07) is 4.69. The van der Waals surface area contributed by atoms with Crippen molar-refractivity contribution in [3.8, 4) is 0 Å². The molecule has 2 rings (SSSR count). The van der Waals surface area contributed by atoms with Gasteiger partial charge in [0.2, 0.25) is 0 Å². The second-order valence-electron chi connectivity index (χ2n) is 4.93. The monoisotopic (exact) mass is 341 g/mol. The van der Waals surface area contributed by atoms with Crippen molar-refractivity contribution in [2.45, 2.75) is 24.6 Å². The molecule has 0 amide bonds. The van der Waals surface area contributed by atoms with Crippen LogP contribution in [0.4, 0.5) is 5.69 Å². The first kappa shape index (κ1) is 15.1. The van der Waals surface area contributed by atoms with Crippen molar-refractivity contribution >= 4 is 27.4 Å². The molecule has 5 nitrogen and oxygen atoms in total. The summed E-state index contributed by atoms with van der Waals surface area (Å²) in [6.45, 7) is 1.34. The molecular weight excluding hydrogens is 326 g/mol. The van der Waals surface area contributed by atoms with Gasteiger partial charge in [-0.25, -0.2) is 0 Å². The molecule has 6 heteroatoms. The van der Waals surface area contributed by atoms with Gasteiger partial charge < -0.3 is 4.74 Å². The summed E-state index contributed by atoms with van der Waals surface area (Å²) in [5.74, 6) is 0.120. The van der Waals surface area contributed by atoms with Crippen LogP contribution in [0.15, 0.2) is 18.2 Å². The fourth-order valence-electron chi connectivity index (χ4n) is 2.37. The maximum absolute atomic E-state index is 12.3. The quantitative estimate of drug-likeness (QED) is 0.355. The number of nitro benzene ring substituents is 1. The van der Waals surface area contributed by atoms with Crippen molar-refractivity contribution in [3.63, 3.8) is 0 Å². The Balaban J connectivity index is 2.20. The Morgan fingerprint density at radius 3 is 2.70 bits per heavy atom. The first-order valence-electron chi connectivity index (χ1n) is 6.56. The van der Waals surface area contributed by atoms with Gasteiger partial charge in [0.25, 0.3) is 5.69 Å². The minimum absolute atomic E-state index is 0.105. The van der Waals surface area contributed by atoms with Crippen LogP contribution in [0.5, 0.6) is 0 Å². The van der Waals surface area contributed by atoms with Crippen molar-refractivity contribution in [3.05, 3.63) is 39.4 Å². The Morgan fingerprint density at radius 1 is 1.40 bits per heavy atom. The SMILES string of the molecule is O=C(CC1CCOCC1)c1cc(CBr)ccc1[N+](=O)[O-]. The predicted molar refractivity (Wildman–Crippen MR) is 78.2 cm³/mol. The molecule has 1 aliphatic heterocycles. The van der Waals surface area contributed by atoms with E-state index in [1.807, 2.05) is 0 Å². The first-order chi connectivity index (χ1) is 9.61. The third-order valence-electron chi connectivity index (χ3n) is 3.53. The number of nitrogens with zero attached hydrogens (tertiary/aromatic N) is 1. The number of nitro groups is 1. The van der Waals surface area contributed by atoms with Crippen molar-refractivity contribution < 1.29 is 14.5 Å². The van der Waals surface area contributed by atoms with Crippen LogP contribution in [-0.2, 0) is 10.1 Å².